The molecule has 102 valence electrons. The molecule has 0 aromatic heterocycles. The van der Waals surface area contributed by atoms with Crippen molar-refractivity contribution in [1.82, 2.24) is 10.6 Å². The van der Waals surface area contributed by atoms with Crippen LogP contribution >= 0.6 is 15.9 Å². The molecule has 0 spiro atoms. The minimum Gasteiger partial charge on any atom is -0.496 e. The Morgan fingerprint density at radius 3 is 2.89 bits per heavy atom. The van der Waals surface area contributed by atoms with Crippen molar-refractivity contribution >= 4 is 21.8 Å². The Kier molecular flexibility index (Phi) is 6.40. The molecule has 0 heterocycles. The van der Waals surface area contributed by atoms with Gasteiger partial charge in [-0.05, 0) is 40.5 Å². The van der Waals surface area contributed by atoms with Gasteiger partial charge in [-0.2, -0.15) is 0 Å². The number of hydrogen-bond acceptors (Lipinski definition) is 3. The molecule has 2 N–H and O–H groups in total. The number of amides is 1. The molecule has 5 heteroatoms. The third-order valence-electron chi connectivity index (χ3n) is 2.63. The molecule has 0 saturated heterocycles. The highest BCUT2D eigenvalue weighted by molar-refractivity contribution is 9.10. The highest BCUT2D eigenvalue weighted by Gasteiger charge is 2.09. The second-order valence-electron chi connectivity index (χ2n) is 3.98. The molecule has 1 aromatic rings. The zero-order valence-electron chi connectivity index (χ0n) is 11.0. The SMILES string of the molecule is C#CCNC(=O)CN[C@@H](C)c1ccc(OC)c(Br)c1. The smallest absolute Gasteiger partial charge is 0.234 e. The second kappa shape index (κ2) is 7.82. The number of hydrogen-bond donors (Lipinski definition) is 2. The van der Waals surface area contributed by atoms with Crippen LogP contribution in [0.25, 0.3) is 0 Å². The van der Waals surface area contributed by atoms with Crippen LogP contribution in [0.2, 0.25) is 0 Å². The third kappa shape index (κ3) is 4.93. The summed E-state index contributed by atoms with van der Waals surface area (Å²) in [5.74, 6) is 3.02. The van der Waals surface area contributed by atoms with Crippen molar-refractivity contribution in [2.24, 2.45) is 0 Å². The fourth-order valence-corrected chi connectivity index (χ4v) is 2.09. The first kappa shape index (κ1) is 15.5. The van der Waals surface area contributed by atoms with E-state index >= 15 is 0 Å². The first-order valence-corrected chi connectivity index (χ1v) is 6.64. The van der Waals surface area contributed by atoms with Gasteiger partial charge in [-0.25, -0.2) is 0 Å². The summed E-state index contributed by atoms with van der Waals surface area (Å²) in [6.45, 7) is 2.47. The van der Waals surface area contributed by atoms with Crippen molar-refractivity contribution in [3.63, 3.8) is 0 Å². The van der Waals surface area contributed by atoms with Gasteiger partial charge in [-0.1, -0.05) is 12.0 Å². The van der Waals surface area contributed by atoms with E-state index in [0.29, 0.717) is 0 Å². The minimum atomic E-state index is -0.114. The molecule has 0 aliphatic heterocycles. The van der Waals surface area contributed by atoms with Crippen LogP contribution in [0.4, 0.5) is 0 Å². The minimum absolute atomic E-state index is 0.0544. The first-order valence-electron chi connectivity index (χ1n) is 5.85. The summed E-state index contributed by atoms with van der Waals surface area (Å²) in [6.07, 6.45) is 5.07. The standard InChI is InChI=1S/C14H17BrN2O2/c1-4-7-16-14(18)9-17-10(2)11-5-6-13(19-3)12(15)8-11/h1,5-6,8,10,17H,7,9H2,2-3H3,(H,16,18)/t10-/m0/s1. The van der Waals surface area contributed by atoms with Crippen LogP contribution in [0.1, 0.15) is 18.5 Å². The number of carbonyl (C=O) groups is 1. The van der Waals surface area contributed by atoms with Crippen LogP contribution in [0.3, 0.4) is 0 Å². The molecule has 0 bridgehead atoms. The molecule has 0 saturated carbocycles. The van der Waals surface area contributed by atoms with Crippen molar-refractivity contribution in [1.29, 1.82) is 0 Å². The van der Waals surface area contributed by atoms with E-state index in [0.717, 1.165) is 15.8 Å². The summed E-state index contributed by atoms with van der Waals surface area (Å²) < 4.78 is 6.06. The average Bonchev–Trinajstić information content (AvgIpc) is 2.42. The molecule has 1 aromatic carbocycles. The normalized spacial score (nSPS) is 11.5. The Labute approximate surface area is 122 Å². The largest absolute Gasteiger partial charge is 0.496 e. The lowest BCUT2D eigenvalue weighted by Gasteiger charge is -2.15. The summed E-state index contributed by atoms with van der Waals surface area (Å²) in [5, 5.41) is 5.73. The van der Waals surface area contributed by atoms with Gasteiger partial charge in [-0.3, -0.25) is 4.79 Å². The van der Waals surface area contributed by atoms with Gasteiger partial charge < -0.3 is 15.4 Å². The third-order valence-corrected chi connectivity index (χ3v) is 3.25. The van der Waals surface area contributed by atoms with Gasteiger partial charge in [-0.15, -0.1) is 6.42 Å². The van der Waals surface area contributed by atoms with Crippen molar-refractivity contribution in [3.8, 4) is 18.1 Å². The van der Waals surface area contributed by atoms with E-state index in [-0.39, 0.29) is 25.0 Å². The summed E-state index contributed by atoms with van der Waals surface area (Å²) >= 11 is 3.44. The maximum atomic E-state index is 11.4. The number of halogens is 1. The highest BCUT2D eigenvalue weighted by atomic mass is 79.9. The molecule has 1 atom stereocenters. The van der Waals surface area contributed by atoms with Crippen LogP contribution in [0.15, 0.2) is 22.7 Å². The molecular formula is C14H17BrN2O2. The molecule has 19 heavy (non-hydrogen) atoms. The van der Waals surface area contributed by atoms with E-state index in [1.807, 2.05) is 25.1 Å². The molecule has 4 nitrogen and oxygen atoms in total. The molecule has 0 fully saturated rings. The molecular weight excluding hydrogens is 308 g/mol. The van der Waals surface area contributed by atoms with Gasteiger partial charge >= 0.3 is 0 Å². The zero-order chi connectivity index (χ0) is 14.3. The van der Waals surface area contributed by atoms with E-state index in [2.05, 4.69) is 32.5 Å². The van der Waals surface area contributed by atoms with E-state index in [1.165, 1.54) is 0 Å². The quantitative estimate of drug-likeness (QED) is 0.785. The lowest BCUT2D eigenvalue weighted by molar-refractivity contribution is -0.120. The summed E-state index contributed by atoms with van der Waals surface area (Å²) in [7, 11) is 1.62. The second-order valence-corrected chi connectivity index (χ2v) is 4.83. The van der Waals surface area contributed by atoms with Gasteiger partial charge in [0.1, 0.15) is 5.75 Å². The summed E-state index contributed by atoms with van der Waals surface area (Å²) in [5.41, 5.74) is 1.07. The molecule has 1 amide bonds. The summed E-state index contributed by atoms with van der Waals surface area (Å²) in [6, 6.07) is 5.87. The number of ether oxygens (including phenoxy) is 1. The molecule has 0 aliphatic carbocycles. The molecule has 0 aliphatic rings. The predicted molar refractivity (Wildman–Crippen MR) is 79.0 cm³/mol. The average molecular weight is 325 g/mol. The number of benzene rings is 1. The first-order chi connectivity index (χ1) is 9.08. The Bertz CT molecular complexity index is 483. The Morgan fingerprint density at radius 1 is 1.58 bits per heavy atom. The van der Waals surface area contributed by atoms with Gasteiger partial charge in [0.15, 0.2) is 0 Å². The van der Waals surface area contributed by atoms with Gasteiger partial charge in [0.2, 0.25) is 5.91 Å². The Hall–Kier alpha value is -1.51. The van der Waals surface area contributed by atoms with Gasteiger partial charge in [0.25, 0.3) is 0 Å². The van der Waals surface area contributed by atoms with Crippen LogP contribution in [0, 0.1) is 12.3 Å². The van der Waals surface area contributed by atoms with Crippen LogP contribution in [-0.2, 0) is 4.79 Å². The fourth-order valence-electron chi connectivity index (χ4n) is 1.53. The van der Waals surface area contributed by atoms with E-state index < -0.39 is 0 Å². The van der Waals surface area contributed by atoms with Crippen molar-refractivity contribution in [3.05, 3.63) is 28.2 Å². The number of nitrogens with one attached hydrogen (secondary N) is 2. The van der Waals surface area contributed by atoms with Crippen molar-refractivity contribution in [2.45, 2.75) is 13.0 Å². The number of rotatable bonds is 6. The highest BCUT2D eigenvalue weighted by Crippen LogP contribution is 2.27. The van der Waals surface area contributed by atoms with Crippen molar-refractivity contribution in [2.75, 3.05) is 20.2 Å². The van der Waals surface area contributed by atoms with Crippen LogP contribution in [0.5, 0.6) is 5.75 Å². The van der Waals surface area contributed by atoms with Crippen molar-refractivity contribution < 1.29 is 9.53 Å². The number of terminal acetylenes is 1. The Morgan fingerprint density at radius 2 is 2.32 bits per heavy atom. The lowest BCUT2D eigenvalue weighted by Crippen LogP contribution is -2.35. The lowest BCUT2D eigenvalue weighted by atomic mass is 10.1. The monoisotopic (exact) mass is 324 g/mol. The molecule has 0 unspecified atom stereocenters. The topological polar surface area (TPSA) is 50.4 Å². The molecule has 1 rings (SSSR count). The van der Waals surface area contributed by atoms with E-state index in [1.54, 1.807) is 7.11 Å². The maximum absolute atomic E-state index is 11.4. The number of methoxy groups -OCH3 is 1. The van der Waals surface area contributed by atoms with Gasteiger partial charge in [0, 0.05) is 6.04 Å². The maximum Gasteiger partial charge on any atom is 0.234 e. The fraction of sp³-hybridized carbons (Fsp3) is 0.357. The Balaban J connectivity index is 2.54. The van der Waals surface area contributed by atoms with E-state index in [4.69, 9.17) is 11.2 Å². The summed E-state index contributed by atoms with van der Waals surface area (Å²) in [4.78, 5) is 11.4. The zero-order valence-corrected chi connectivity index (χ0v) is 12.6. The van der Waals surface area contributed by atoms with Gasteiger partial charge in [0.05, 0.1) is 24.7 Å². The van der Waals surface area contributed by atoms with E-state index in [9.17, 15) is 4.79 Å². The predicted octanol–water partition coefficient (Wildman–Crippen LogP) is 1.86. The number of carbonyl (C=O) groups excluding carboxylic acids is 1. The van der Waals surface area contributed by atoms with Crippen LogP contribution in [-0.4, -0.2) is 26.1 Å². The molecule has 0 radical (unpaired) electrons. The van der Waals surface area contributed by atoms with Crippen LogP contribution < -0.4 is 15.4 Å².